The lowest BCUT2D eigenvalue weighted by molar-refractivity contribution is 0.0941. The molecule has 0 aliphatic heterocycles. The molecule has 0 heterocycles. The highest BCUT2D eigenvalue weighted by molar-refractivity contribution is 9.10. The standard InChI is InChI=1S/C17H19BrO2/c1-8-5-13(20-2)11(7-12(8)18)17(19)16-14-9-3-4-10(6-9)15(14)16/h5,7,9-10,14-16H,3-4,6H2,1-2H3. The van der Waals surface area contributed by atoms with E-state index in [0.29, 0.717) is 17.6 Å². The van der Waals surface area contributed by atoms with Crippen LogP contribution in [0.5, 0.6) is 5.75 Å². The average molecular weight is 335 g/mol. The number of hydrogen-bond donors (Lipinski definition) is 0. The first-order chi connectivity index (χ1) is 9.61. The van der Waals surface area contributed by atoms with E-state index in [4.69, 9.17) is 4.74 Å². The van der Waals surface area contributed by atoms with E-state index in [-0.39, 0.29) is 5.92 Å². The van der Waals surface area contributed by atoms with Crippen molar-refractivity contribution >= 4 is 21.7 Å². The molecule has 4 rings (SSSR count). The highest BCUT2D eigenvalue weighted by atomic mass is 79.9. The second kappa shape index (κ2) is 4.33. The maximum absolute atomic E-state index is 12.9. The van der Waals surface area contributed by atoms with E-state index in [2.05, 4.69) is 15.9 Å². The Morgan fingerprint density at radius 2 is 1.90 bits per heavy atom. The number of fused-ring (bicyclic) bond motifs is 5. The summed E-state index contributed by atoms with van der Waals surface area (Å²) < 4.78 is 6.43. The van der Waals surface area contributed by atoms with E-state index in [9.17, 15) is 4.79 Å². The summed E-state index contributed by atoms with van der Waals surface area (Å²) in [5.74, 6) is 4.36. The van der Waals surface area contributed by atoms with Crippen molar-refractivity contribution in [1.29, 1.82) is 0 Å². The molecule has 2 bridgehead atoms. The van der Waals surface area contributed by atoms with Crippen LogP contribution >= 0.6 is 15.9 Å². The monoisotopic (exact) mass is 334 g/mol. The SMILES string of the molecule is COc1cc(C)c(Br)cc1C(=O)C1C2C3CCC(C3)C12. The molecule has 0 saturated heterocycles. The van der Waals surface area contributed by atoms with Crippen LogP contribution in [0.25, 0.3) is 0 Å². The molecule has 3 aliphatic rings. The van der Waals surface area contributed by atoms with Gasteiger partial charge in [-0.3, -0.25) is 4.79 Å². The largest absolute Gasteiger partial charge is 0.496 e. The number of rotatable bonds is 3. The van der Waals surface area contributed by atoms with E-state index in [1.165, 1.54) is 19.3 Å². The summed E-state index contributed by atoms with van der Waals surface area (Å²) in [6.45, 7) is 2.02. The van der Waals surface area contributed by atoms with Gasteiger partial charge < -0.3 is 4.74 Å². The van der Waals surface area contributed by atoms with Crippen LogP contribution in [-0.4, -0.2) is 12.9 Å². The minimum Gasteiger partial charge on any atom is -0.496 e. The summed E-state index contributed by atoms with van der Waals surface area (Å²) in [6.07, 6.45) is 4.09. The van der Waals surface area contributed by atoms with Gasteiger partial charge in [-0.15, -0.1) is 0 Å². The summed E-state index contributed by atoms with van der Waals surface area (Å²) in [7, 11) is 1.65. The lowest BCUT2D eigenvalue weighted by atomic mass is 9.95. The van der Waals surface area contributed by atoms with Crippen molar-refractivity contribution in [3.63, 3.8) is 0 Å². The van der Waals surface area contributed by atoms with Crippen LogP contribution in [0.2, 0.25) is 0 Å². The Morgan fingerprint density at radius 3 is 2.50 bits per heavy atom. The van der Waals surface area contributed by atoms with Crippen molar-refractivity contribution in [2.24, 2.45) is 29.6 Å². The zero-order chi connectivity index (χ0) is 14.0. The maximum Gasteiger partial charge on any atom is 0.170 e. The van der Waals surface area contributed by atoms with Crippen LogP contribution in [0.4, 0.5) is 0 Å². The zero-order valence-corrected chi connectivity index (χ0v) is 13.4. The molecule has 3 fully saturated rings. The number of halogens is 1. The minimum absolute atomic E-state index is 0.282. The van der Waals surface area contributed by atoms with Gasteiger partial charge in [0.25, 0.3) is 0 Å². The molecule has 0 radical (unpaired) electrons. The van der Waals surface area contributed by atoms with Gasteiger partial charge in [-0.05, 0) is 67.6 Å². The normalized spacial score (nSPS) is 36.9. The summed E-state index contributed by atoms with van der Waals surface area (Å²) in [6, 6.07) is 3.91. The molecule has 3 heteroatoms. The summed E-state index contributed by atoms with van der Waals surface area (Å²) in [5.41, 5.74) is 1.87. The number of Topliss-reactive ketones (excluding diaryl/α,β-unsaturated/α-hetero) is 1. The molecule has 106 valence electrons. The first kappa shape index (κ1) is 12.9. The highest BCUT2D eigenvalue weighted by Crippen LogP contribution is 2.70. The number of carbonyl (C=O) groups is 1. The van der Waals surface area contributed by atoms with Crippen LogP contribution in [0.1, 0.15) is 35.2 Å². The van der Waals surface area contributed by atoms with Crippen LogP contribution in [0, 0.1) is 36.5 Å². The van der Waals surface area contributed by atoms with Gasteiger partial charge in [0.15, 0.2) is 5.78 Å². The van der Waals surface area contributed by atoms with Gasteiger partial charge in [-0.2, -0.15) is 0 Å². The maximum atomic E-state index is 12.9. The van der Waals surface area contributed by atoms with Gasteiger partial charge in [0.1, 0.15) is 5.75 Å². The minimum atomic E-state index is 0.282. The number of carbonyl (C=O) groups excluding carboxylic acids is 1. The molecular formula is C17H19BrO2. The fourth-order valence-electron chi connectivity index (χ4n) is 4.87. The third kappa shape index (κ3) is 1.65. The molecule has 0 N–H and O–H groups in total. The Morgan fingerprint density at radius 1 is 1.25 bits per heavy atom. The predicted octanol–water partition coefficient (Wildman–Crippen LogP) is 4.24. The molecule has 0 aromatic heterocycles. The van der Waals surface area contributed by atoms with E-state index in [0.717, 1.165) is 33.2 Å². The van der Waals surface area contributed by atoms with Crippen molar-refractivity contribution < 1.29 is 9.53 Å². The van der Waals surface area contributed by atoms with Gasteiger partial charge >= 0.3 is 0 Å². The Hall–Kier alpha value is -0.830. The molecule has 2 nitrogen and oxygen atoms in total. The Bertz CT molecular complexity index is 579. The summed E-state index contributed by atoms with van der Waals surface area (Å²) >= 11 is 3.54. The van der Waals surface area contributed by atoms with Gasteiger partial charge in [0.2, 0.25) is 0 Å². The van der Waals surface area contributed by atoms with Gasteiger partial charge in [-0.25, -0.2) is 0 Å². The van der Waals surface area contributed by atoms with Gasteiger partial charge in [0.05, 0.1) is 12.7 Å². The van der Waals surface area contributed by atoms with Crippen molar-refractivity contribution in [2.75, 3.05) is 7.11 Å². The molecule has 3 aliphatic carbocycles. The van der Waals surface area contributed by atoms with Crippen LogP contribution in [-0.2, 0) is 0 Å². The Balaban J connectivity index is 1.66. The second-order valence-electron chi connectivity index (χ2n) is 6.68. The summed E-state index contributed by atoms with van der Waals surface area (Å²) in [5, 5.41) is 0. The molecule has 3 saturated carbocycles. The topological polar surface area (TPSA) is 26.3 Å². The van der Waals surface area contributed by atoms with Crippen molar-refractivity contribution in [3.8, 4) is 5.75 Å². The van der Waals surface area contributed by atoms with E-state index in [1.807, 2.05) is 19.1 Å². The molecule has 0 spiro atoms. The highest BCUT2D eigenvalue weighted by Gasteiger charge is 2.67. The van der Waals surface area contributed by atoms with Crippen LogP contribution < -0.4 is 4.74 Å². The number of benzene rings is 1. The van der Waals surface area contributed by atoms with Crippen molar-refractivity contribution in [2.45, 2.75) is 26.2 Å². The second-order valence-corrected chi connectivity index (χ2v) is 7.53. The smallest absolute Gasteiger partial charge is 0.170 e. The van der Waals surface area contributed by atoms with E-state index >= 15 is 0 Å². The fraction of sp³-hybridized carbons (Fsp3) is 0.588. The molecule has 1 aromatic carbocycles. The lowest BCUT2D eigenvalue weighted by Gasteiger charge is -2.12. The summed E-state index contributed by atoms with van der Waals surface area (Å²) in [4.78, 5) is 12.9. The Labute approximate surface area is 128 Å². The van der Waals surface area contributed by atoms with Crippen LogP contribution in [0.15, 0.2) is 16.6 Å². The number of methoxy groups -OCH3 is 1. The number of hydrogen-bond acceptors (Lipinski definition) is 2. The van der Waals surface area contributed by atoms with Crippen LogP contribution in [0.3, 0.4) is 0 Å². The first-order valence-electron chi connectivity index (χ1n) is 7.50. The zero-order valence-electron chi connectivity index (χ0n) is 11.9. The third-order valence-electron chi connectivity index (χ3n) is 5.78. The fourth-order valence-corrected chi connectivity index (χ4v) is 5.21. The first-order valence-corrected chi connectivity index (χ1v) is 8.29. The lowest BCUT2D eigenvalue weighted by Crippen LogP contribution is -2.11. The van der Waals surface area contributed by atoms with E-state index in [1.54, 1.807) is 7.11 Å². The number of ether oxygens (including phenoxy) is 1. The molecule has 4 atom stereocenters. The Kier molecular flexibility index (Phi) is 2.79. The van der Waals surface area contributed by atoms with E-state index < -0.39 is 0 Å². The van der Waals surface area contributed by atoms with Crippen molar-refractivity contribution in [3.05, 3.63) is 27.7 Å². The molecule has 1 aromatic rings. The predicted molar refractivity (Wildman–Crippen MR) is 81.1 cm³/mol. The molecule has 0 amide bonds. The third-order valence-corrected chi connectivity index (χ3v) is 6.64. The molecule has 4 unspecified atom stereocenters. The number of ketones is 1. The van der Waals surface area contributed by atoms with Crippen molar-refractivity contribution in [1.82, 2.24) is 0 Å². The number of aryl methyl sites for hydroxylation is 1. The molecular weight excluding hydrogens is 316 g/mol. The quantitative estimate of drug-likeness (QED) is 0.773. The average Bonchev–Trinajstić information content (AvgIpc) is 2.88. The van der Waals surface area contributed by atoms with Gasteiger partial charge in [-0.1, -0.05) is 15.9 Å². The molecule has 20 heavy (non-hydrogen) atoms. The van der Waals surface area contributed by atoms with Gasteiger partial charge in [0, 0.05) is 10.4 Å².